The third kappa shape index (κ3) is 2.79. The Kier molecular flexibility index (Phi) is 4.37. The molecule has 0 saturated carbocycles. The van der Waals surface area contributed by atoms with E-state index < -0.39 is 0 Å². The molecule has 0 aliphatic carbocycles. The van der Waals surface area contributed by atoms with Crippen molar-refractivity contribution >= 4 is 11.8 Å². The molecule has 5 heteroatoms. The molecule has 21 heavy (non-hydrogen) atoms. The Hall–Kier alpha value is -2.63. The van der Waals surface area contributed by atoms with Gasteiger partial charge < -0.3 is 10.2 Å². The van der Waals surface area contributed by atoms with Gasteiger partial charge in [-0.05, 0) is 29.5 Å². The molecule has 0 aliphatic heterocycles. The summed E-state index contributed by atoms with van der Waals surface area (Å²) in [6.45, 7) is 1.93. The minimum atomic E-state index is -0.105. The van der Waals surface area contributed by atoms with Gasteiger partial charge in [0, 0.05) is 5.56 Å². The molecule has 0 aromatic heterocycles. The van der Waals surface area contributed by atoms with Crippen LogP contribution < -0.4 is 0 Å². The largest absolute Gasteiger partial charge is 0.508 e. The van der Waals surface area contributed by atoms with E-state index in [4.69, 9.17) is 0 Å². The standard InChI is InChI=1S/C16H12N2O2S/c1-2-21-14-7-11(8-17)15(13(9-18)16(14)20)10-3-5-12(19)6-4-10/h3-7,19-20H,2H2,1H3. The highest BCUT2D eigenvalue weighted by atomic mass is 32.2. The zero-order chi connectivity index (χ0) is 15.4. The Labute approximate surface area is 126 Å². The van der Waals surface area contributed by atoms with Gasteiger partial charge in [-0.25, -0.2) is 0 Å². The lowest BCUT2D eigenvalue weighted by molar-refractivity contribution is 0.461. The number of hydrogen-bond donors (Lipinski definition) is 2. The number of thioether (sulfide) groups is 1. The Morgan fingerprint density at radius 2 is 1.76 bits per heavy atom. The van der Waals surface area contributed by atoms with Gasteiger partial charge in [-0.1, -0.05) is 19.1 Å². The van der Waals surface area contributed by atoms with Crippen molar-refractivity contribution in [3.8, 4) is 34.8 Å². The van der Waals surface area contributed by atoms with Crippen LogP contribution in [0.3, 0.4) is 0 Å². The number of nitrogens with zero attached hydrogens (tertiary/aromatic N) is 2. The summed E-state index contributed by atoms with van der Waals surface area (Å²) in [5.41, 5.74) is 1.39. The second-order valence-electron chi connectivity index (χ2n) is 4.22. The van der Waals surface area contributed by atoms with Gasteiger partial charge in [0.25, 0.3) is 0 Å². The van der Waals surface area contributed by atoms with Crippen molar-refractivity contribution in [2.75, 3.05) is 5.75 Å². The zero-order valence-electron chi connectivity index (χ0n) is 11.3. The van der Waals surface area contributed by atoms with Crippen LogP contribution in [0.1, 0.15) is 18.1 Å². The van der Waals surface area contributed by atoms with Crippen LogP contribution in [0.25, 0.3) is 11.1 Å². The molecule has 0 heterocycles. The summed E-state index contributed by atoms with van der Waals surface area (Å²) >= 11 is 1.38. The number of phenolic OH excluding ortho intramolecular Hbond substituents is 2. The van der Waals surface area contributed by atoms with Crippen molar-refractivity contribution < 1.29 is 10.2 Å². The van der Waals surface area contributed by atoms with Crippen molar-refractivity contribution in [2.24, 2.45) is 0 Å². The number of benzene rings is 2. The topological polar surface area (TPSA) is 88.0 Å². The predicted molar refractivity (Wildman–Crippen MR) is 81.0 cm³/mol. The van der Waals surface area contributed by atoms with E-state index in [1.54, 1.807) is 18.2 Å². The van der Waals surface area contributed by atoms with E-state index in [1.807, 2.05) is 13.0 Å². The number of hydrogen-bond acceptors (Lipinski definition) is 5. The van der Waals surface area contributed by atoms with E-state index in [1.165, 1.54) is 23.9 Å². The minimum absolute atomic E-state index is 0.0793. The molecule has 0 amide bonds. The van der Waals surface area contributed by atoms with Crippen molar-refractivity contribution in [3.63, 3.8) is 0 Å². The fourth-order valence-corrected chi connectivity index (χ4v) is 2.79. The second-order valence-corrected chi connectivity index (χ2v) is 5.53. The lowest BCUT2D eigenvalue weighted by Crippen LogP contribution is -1.93. The molecule has 104 valence electrons. The SMILES string of the molecule is CCSc1cc(C#N)c(-c2ccc(O)cc2)c(C#N)c1O. The number of aromatic hydroxyl groups is 2. The first kappa shape index (κ1) is 14.8. The average Bonchev–Trinajstić information content (AvgIpc) is 2.50. The van der Waals surface area contributed by atoms with Crippen molar-refractivity contribution in [2.45, 2.75) is 11.8 Å². The Bertz CT molecular complexity index is 756. The van der Waals surface area contributed by atoms with Gasteiger partial charge in [-0.3, -0.25) is 0 Å². The van der Waals surface area contributed by atoms with Gasteiger partial charge in [-0.2, -0.15) is 10.5 Å². The van der Waals surface area contributed by atoms with Crippen molar-refractivity contribution in [3.05, 3.63) is 41.5 Å². The first-order valence-electron chi connectivity index (χ1n) is 6.24. The molecule has 2 rings (SSSR count). The lowest BCUT2D eigenvalue weighted by Gasteiger charge is -2.12. The summed E-state index contributed by atoms with van der Waals surface area (Å²) in [7, 11) is 0. The normalized spacial score (nSPS) is 9.86. The van der Waals surface area contributed by atoms with Crippen molar-refractivity contribution in [1.82, 2.24) is 0 Å². The zero-order valence-corrected chi connectivity index (χ0v) is 12.1. The maximum Gasteiger partial charge on any atom is 0.147 e. The molecule has 2 N–H and O–H groups in total. The van der Waals surface area contributed by atoms with E-state index in [0.717, 1.165) is 5.75 Å². The van der Waals surface area contributed by atoms with Gasteiger partial charge >= 0.3 is 0 Å². The molecule has 0 fully saturated rings. The first-order valence-corrected chi connectivity index (χ1v) is 7.23. The maximum absolute atomic E-state index is 10.2. The quantitative estimate of drug-likeness (QED) is 0.844. The van der Waals surface area contributed by atoms with Crippen LogP contribution in [0.4, 0.5) is 0 Å². The molecule has 4 nitrogen and oxygen atoms in total. The van der Waals surface area contributed by atoms with Crippen LogP contribution in [-0.2, 0) is 0 Å². The summed E-state index contributed by atoms with van der Waals surface area (Å²) < 4.78 is 0. The number of phenols is 2. The van der Waals surface area contributed by atoms with Crippen LogP contribution in [-0.4, -0.2) is 16.0 Å². The van der Waals surface area contributed by atoms with Gasteiger partial charge in [0.2, 0.25) is 0 Å². The Morgan fingerprint density at radius 1 is 1.10 bits per heavy atom. The fraction of sp³-hybridized carbons (Fsp3) is 0.125. The Morgan fingerprint density at radius 3 is 2.29 bits per heavy atom. The molecular formula is C16H12N2O2S. The van der Waals surface area contributed by atoms with Crippen LogP contribution in [0.2, 0.25) is 0 Å². The molecule has 2 aromatic carbocycles. The first-order chi connectivity index (χ1) is 10.1. The molecule has 0 aliphatic rings. The van der Waals surface area contributed by atoms with Crippen molar-refractivity contribution in [1.29, 1.82) is 10.5 Å². The second kappa shape index (κ2) is 6.21. The van der Waals surface area contributed by atoms with Gasteiger partial charge in [-0.15, -0.1) is 11.8 Å². The van der Waals surface area contributed by atoms with Crippen LogP contribution in [0.5, 0.6) is 11.5 Å². The summed E-state index contributed by atoms with van der Waals surface area (Å²) in [6.07, 6.45) is 0. The summed E-state index contributed by atoms with van der Waals surface area (Å²) in [6, 6.07) is 11.8. The summed E-state index contributed by atoms with van der Waals surface area (Å²) in [5, 5.41) is 38.3. The highest BCUT2D eigenvalue weighted by Gasteiger charge is 2.19. The van der Waals surface area contributed by atoms with Gasteiger partial charge in [0.05, 0.1) is 16.5 Å². The highest BCUT2D eigenvalue weighted by molar-refractivity contribution is 7.99. The molecule has 0 spiro atoms. The van der Waals surface area contributed by atoms with Crippen LogP contribution in [0, 0.1) is 22.7 Å². The molecule has 2 aromatic rings. The van der Waals surface area contributed by atoms with E-state index in [2.05, 4.69) is 6.07 Å². The minimum Gasteiger partial charge on any atom is -0.508 e. The van der Waals surface area contributed by atoms with Gasteiger partial charge in [0.15, 0.2) is 0 Å². The fourth-order valence-electron chi connectivity index (χ4n) is 2.04. The third-order valence-electron chi connectivity index (χ3n) is 2.95. The van der Waals surface area contributed by atoms with E-state index in [0.29, 0.717) is 21.6 Å². The molecule has 0 bridgehead atoms. The van der Waals surface area contributed by atoms with E-state index in [9.17, 15) is 20.7 Å². The molecule has 0 radical (unpaired) electrons. The van der Waals surface area contributed by atoms with E-state index in [-0.39, 0.29) is 17.1 Å². The van der Waals surface area contributed by atoms with Gasteiger partial charge in [0.1, 0.15) is 23.1 Å². The predicted octanol–water partition coefficient (Wildman–Crippen LogP) is 3.62. The van der Waals surface area contributed by atoms with E-state index >= 15 is 0 Å². The lowest BCUT2D eigenvalue weighted by atomic mass is 9.94. The third-order valence-corrected chi connectivity index (χ3v) is 3.86. The maximum atomic E-state index is 10.2. The highest BCUT2D eigenvalue weighted by Crippen LogP contribution is 2.40. The monoisotopic (exact) mass is 296 g/mol. The number of nitriles is 2. The summed E-state index contributed by atoms with van der Waals surface area (Å²) in [4.78, 5) is 0.521. The molecule has 0 unspecified atom stereocenters. The molecule has 0 saturated heterocycles. The average molecular weight is 296 g/mol. The molecular weight excluding hydrogens is 284 g/mol. The molecule has 0 atom stereocenters. The number of rotatable bonds is 3. The van der Waals surface area contributed by atoms with Crippen LogP contribution in [0.15, 0.2) is 35.2 Å². The van der Waals surface area contributed by atoms with Crippen LogP contribution >= 0.6 is 11.8 Å². The smallest absolute Gasteiger partial charge is 0.147 e. The Balaban J connectivity index is 2.76. The summed E-state index contributed by atoms with van der Waals surface area (Å²) in [5.74, 6) is 0.714.